The molecule has 1 aromatic heterocycles. The lowest BCUT2D eigenvalue weighted by molar-refractivity contribution is -0.115. The summed E-state index contributed by atoms with van der Waals surface area (Å²) in [7, 11) is -3.02. The van der Waals surface area contributed by atoms with Gasteiger partial charge >= 0.3 is 0 Å². The van der Waals surface area contributed by atoms with Crippen LogP contribution in [0.2, 0.25) is 0 Å². The average molecular weight is 467 g/mol. The number of nitrogens with one attached hydrogen (secondary N) is 2. The van der Waals surface area contributed by atoms with E-state index < -0.39 is 9.84 Å². The molecule has 1 atom stereocenters. The molecule has 2 aliphatic rings. The molecule has 0 unspecified atom stereocenters. The van der Waals surface area contributed by atoms with Gasteiger partial charge in [-0.05, 0) is 43.9 Å². The second kappa shape index (κ2) is 7.27. The largest absolute Gasteiger partial charge is 0.310 e. The summed E-state index contributed by atoms with van der Waals surface area (Å²) in [5.74, 6) is 0.633. The number of hydrogen-bond acceptors (Lipinski definition) is 5. The summed E-state index contributed by atoms with van der Waals surface area (Å²) in [5.41, 5.74) is 1.80. The van der Waals surface area contributed by atoms with E-state index in [9.17, 15) is 13.2 Å². The number of hydrogen-bond donors (Lipinski definition) is 2. The molecule has 2 fully saturated rings. The molecule has 0 bridgehead atoms. The molecule has 1 aliphatic carbocycles. The number of nitrogens with zero attached hydrogens (tertiary/aromatic N) is 2. The van der Waals surface area contributed by atoms with E-state index in [1.165, 1.54) is 5.56 Å². The van der Waals surface area contributed by atoms with Crippen LogP contribution in [0.3, 0.4) is 0 Å². The Morgan fingerprint density at radius 3 is 2.64 bits per heavy atom. The van der Waals surface area contributed by atoms with Gasteiger partial charge in [0, 0.05) is 16.1 Å². The molecule has 4 rings (SSSR count). The van der Waals surface area contributed by atoms with E-state index in [2.05, 4.69) is 43.8 Å². The van der Waals surface area contributed by atoms with Crippen LogP contribution in [0, 0.1) is 6.92 Å². The molecule has 150 valence electrons. The fraction of sp³-hybridized carbons (Fsp3) is 0.474. The van der Waals surface area contributed by atoms with Crippen LogP contribution in [0.25, 0.3) is 0 Å². The first-order chi connectivity index (χ1) is 13.3. The molecular weight excluding hydrogens is 444 g/mol. The fourth-order valence-corrected chi connectivity index (χ4v) is 5.71. The Hall–Kier alpha value is -1.71. The van der Waals surface area contributed by atoms with Gasteiger partial charge in [0.15, 0.2) is 9.84 Å². The summed E-state index contributed by atoms with van der Waals surface area (Å²) in [6.45, 7) is 2.02. The van der Waals surface area contributed by atoms with Crippen LogP contribution in [-0.4, -0.2) is 42.2 Å². The molecule has 1 aliphatic heterocycles. The Morgan fingerprint density at radius 1 is 1.32 bits per heavy atom. The molecule has 2 aromatic rings. The number of aromatic nitrogens is 2. The van der Waals surface area contributed by atoms with Crippen molar-refractivity contribution in [3.63, 3.8) is 0 Å². The quantitative estimate of drug-likeness (QED) is 0.681. The van der Waals surface area contributed by atoms with E-state index in [1.807, 2.05) is 19.1 Å². The van der Waals surface area contributed by atoms with Crippen molar-refractivity contribution in [3.8, 4) is 0 Å². The van der Waals surface area contributed by atoms with Crippen LogP contribution < -0.4 is 10.6 Å². The van der Waals surface area contributed by atoms with Crippen LogP contribution in [-0.2, 0) is 20.2 Å². The van der Waals surface area contributed by atoms with Gasteiger partial charge in [-0.25, -0.2) is 13.1 Å². The monoisotopic (exact) mass is 466 g/mol. The highest BCUT2D eigenvalue weighted by molar-refractivity contribution is 9.10. The van der Waals surface area contributed by atoms with Crippen LogP contribution in [0.1, 0.15) is 36.6 Å². The van der Waals surface area contributed by atoms with Gasteiger partial charge in [-0.1, -0.05) is 28.1 Å². The Bertz CT molecular complexity index is 997. The lowest BCUT2D eigenvalue weighted by Crippen LogP contribution is -2.36. The van der Waals surface area contributed by atoms with Gasteiger partial charge in [0.25, 0.3) is 0 Å². The fourth-order valence-electron chi connectivity index (χ4n) is 3.75. The number of sulfone groups is 1. The Labute approximate surface area is 172 Å². The van der Waals surface area contributed by atoms with E-state index in [4.69, 9.17) is 0 Å². The minimum absolute atomic E-state index is 0.0713. The molecule has 0 spiro atoms. The summed E-state index contributed by atoms with van der Waals surface area (Å²) in [4.78, 5) is 12.5. The Kier molecular flexibility index (Phi) is 5.09. The van der Waals surface area contributed by atoms with Gasteiger partial charge in [0.2, 0.25) is 5.91 Å². The minimum atomic E-state index is -3.02. The van der Waals surface area contributed by atoms with Crippen molar-refractivity contribution in [2.24, 2.45) is 0 Å². The summed E-state index contributed by atoms with van der Waals surface area (Å²) in [6, 6.07) is 9.72. The second-order valence-electron chi connectivity index (χ2n) is 7.66. The predicted octanol–water partition coefficient (Wildman–Crippen LogP) is 2.53. The summed E-state index contributed by atoms with van der Waals surface area (Å²) in [5, 5.41) is 10.7. The number of aryl methyl sites for hydroxylation is 1. The third-order valence-corrected chi connectivity index (χ3v) is 7.69. The maximum Gasteiger partial charge on any atom is 0.239 e. The van der Waals surface area contributed by atoms with Crippen molar-refractivity contribution >= 4 is 37.5 Å². The number of halogens is 1. The summed E-state index contributed by atoms with van der Waals surface area (Å²) >= 11 is 3.45. The van der Waals surface area contributed by atoms with Gasteiger partial charge in [-0.15, -0.1) is 0 Å². The molecular formula is C19H23BrN4O3S. The maximum atomic E-state index is 12.5. The standard InChI is InChI=1S/C19H23BrN4O3S/c1-13-10-17(24(23-13)16-6-9-28(26,27)12-16)22-18(25)11-21-19(7-8-19)14-2-4-15(20)5-3-14/h2-5,10,16,21H,6-9,11-12H2,1H3,(H,22,25)/t16-/m1/s1. The Balaban J connectivity index is 1.40. The summed E-state index contributed by atoms with van der Waals surface area (Å²) in [6.07, 6.45) is 2.52. The molecule has 1 saturated heterocycles. The highest BCUT2D eigenvalue weighted by Gasteiger charge is 2.44. The van der Waals surface area contributed by atoms with E-state index in [0.717, 1.165) is 23.0 Å². The van der Waals surface area contributed by atoms with Crippen molar-refractivity contribution in [1.29, 1.82) is 0 Å². The first kappa shape index (κ1) is 19.6. The zero-order valence-corrected chi connectivity index (χ0v) is 18.0. The van der Waals surface area contributed by atoms with Crippen molar-refractivity contribution in [3.05, 3.63) is 46.1 Å². The highest BCUT2D eigenvalue weighted by Crippen LogP contribution is 2.45. The molecule has 1 aromatic carbocycles. The van der Waals surface area contributed by atoms with Gasteiger partial charge in [0.05, 0.1) is 29.8 Å². The predicted molar refractivity (Wildman–Crippen MR) is 111 cm³/mol. The molecule has 9 heteroatoms. The first-order valence-electron chi connectivity index (χ1n) is 9.34. The lowest BCUT2D eigenvalue weighted by Gasteiger charge is -2.18. The molecule has 7 nitrogen and oxygen atoms in total. The number of carbonyl (C=O) groups excluding carboxylic acids is 1. The van der Waals surface area contributed by atoms with Crippen LogP contribution in [0.4, 0.5) is 5.82 Å². The van der Waals surface area contributed by atoms with Crippen LogP contribution >= 0.6 is 15.9 Å². The average Bonchev–Trinajstić information content (AvgIpc) is 3.22. The molecule has 1 amide bonds. The smallest absolute Gasteiger partial charge is 0.239 e. The van der Waals surface area contributed by atoms with Crippen molar-refractivity contribution in [2.75, 3.05) is 23.4 Å². The highest BCUT2D eigenvalue weighted by atomic mass is 79.9. The third-order valence-electron chi connectivity index (χ3n) is 5.41. The lowest BCUT2D eigenvalue weighted by atomic mass is 10.1. The number of benzene rings is 1. The van der Waals surface area contributed by atoms with Crippen LogP contribution in [0.5, 0.6) is 0 Å². The maximum absolute atomic E-state index is 12.5. The van der Waals surface area contributed by atoms with E-state index in [-0.39, 0.29) is 35.5 Å². The number of carbonyl (C=O) groups is 1. The van der Waals surface area contributed by atoms with Crippen molar-refractivity contribution in [2.45, 2.75) is 37.8 Å². The zero-order valence-electron chi connectivity index (χ0n) is 15.6. The third kappa shape index (κ3) is 4.16. The first-order valence-corrected chi connectivity index (χ1v) is 12.0. The minimum Gasteiger partial charge on any atom is -0.310 e. The van der Waals surface area contributed by atoms with Gasteiger partial charge in [-0.2, -0.15) is 5.10 Å². The molecule has 28 heavy (non-hydrogen) atoms. The topological polar surface area (TPSA) is 93.1 Å². The van der Waals surface area contributed by atoms with E-state index >= 15 is 0 Å². The summed E-state index contributed by atoms with van der Waals surface area (Å²) < 4.78 is 26.3. The Morgan fingerprint density at radius 2 is 2.04 bits per heavy atom. The van der Waals surface area contributed by atoms with Gasteiger partial charge < -0.3 is 5.32 Å². The molecule has 1 saturated carbocycles. The van der Waals surface area contributed by atoms with E-state index in [1.54, 1.807) is 10.7 Å². The van der Waals surface area contributed by atoms with Gasteiger partial charge in [0.1, 0.15) is 5.82 Å². The van der Waals surface area contributed by atoms with E-state index in [0.29, 0.717) is 12.2 Å². The normalized spacial score (nSPS) is 22.1. The number of rotatable bonds is 6. The zero-order chi connectivity index (χ0) is 19.9. The SMILES string of the molecule is Cc1cc(NC(=O)CNC2(c3ccc(Br)cc3)CC2)n([C@@H]2CCS(=O)(=O)C2)n1. The molecule has 2 heterocycles. The van der Waals surface area contributed by atoms with Gasteiger partial charge in [-0.3, -0.25) is 10.1 Å². The van der Waals surface area contributed by atoms with Crippen molar-refractivity contribution < 1.29 is 13.2 Å². The van der Waals surface area contributed by atoms with Crippen molar-refractivity contribution in [1.82, 2.24) is 15.1 Å². The number of anilines is 1. The second-order valence-corrected chi connectivity index (χ2v) is 10.8. The molecule has 0 radical (unpaired) electrons. The molecule has 2 N–H and O–H groups in total. The van der Waals surface area contributed by atoms with Crippen LogP contribution in [0.15, 0.2) is 34.8 Å². The number of amides is 1.